The lowest BCUT2D eigenvalue weighted by Crippen LogP contribution is -2.44. The van der Waals surface area contributed by atoms with Crippen LogP contribution in [-0.4, -0.2) is 36.4 Å². The molecular weight excluding hydrogens is 266 g/mol. The topological polar surface area (TPSA) is 74.7 Å². The molecule has 1 N–H and O–H groups in total. The van der Waals surface area contributed by atoms with Gasteiger partial charge in [0.05, 0.1) is 4.90 Å². The number of carboxylic acid groups (broad SMARTS) is 1. The minimum absolute atomic E-state index is 0.125. The molecule has 0 saturated heterocycles. The van der Waals surface area contributed by atoms with E-state index in [-0.39, 0.29) is 17.9 Å². The second-order valence-electron chi connectivity index (χ2n) is 4.28. The number of likely N-dealkylation sites (N-methyl/N-ethyl adjacent to an activating group) is 1. The van der Waals surface area contributed by atoms with Gasteiger partial charge in [-0.3, -0.25) is 4.79 Å². The van der Waals surface area contributed by atoms with E-state index in [1.165, 1.54) is 12.1 Å². The van der Waals surface area contributed by atoms with Gasteiger partial charge in [0.1, 0.15) is 6.04 Å². The summed E-state index contributed by atoms with van der Waals surface area (Å²) in [5, 5.41) is 9.12. The van der Waals surface area contributed by atoms with E-state index >= 15 is 0 Å². The Morgan fingerprint density at radius 2 is 1.79 bits per heavy atom. The maximum absolute atomic E-state index is 12.4. The van der Waals surface area contributed by atoms with E-state index in [9.17, 15) is 13.2 Å². The Morgan fingerprint density at radius 1 is 1.26 bits per heavy atom. The van der Waals surface area contributed by atoms with Crippen LogP contribution in [-0.2, 0) is 14.8 Å². The number of aryl methyl sites for hydroxylation is 1. The van der Waals surface area contributed by atoms with Crippen LogP contribution in [0, 0.1) is 6.92 Å². The largest absolute Gasteiger partial charge is 0.480 e. The van der Waals surface area contributed by atoms with Gasteiger partial charge in [-0.05, 0) is 25.5 Å². The van der Waals surface area contributed by atoms with Crippen molar-refractivity contribution in [3.63, 3.8) is 0 Å². The molecule has 1 aromatic rings. The zero-order valence-electron chi connectivity index (χ0n) is 11.3. The highest BCUT2D eigenvalue weighted by Crippen LogP contribution is 2.20. The van der Waals surface area contributed by atoms with Gasteiger partial charge >= 0.3 is 5.97 Å². The molecule has 6 heteroatoms. The fourth-order valence-corrected chi connectivity index (χ4v) is 3.57. The Bertz CT molecular complexity index is 536. The van der Waals surface area contributed by atoms with Gasteiger partial charge in [-0.15, -0.1) is 0 Å². The third kappa shape index (κ3) is 3.33. The Hall–Kier alpha value is -1.40. The van der Waals surface area contributed by atoms with Gasteiger partial charge in [-0.2, -0.15) is 4.31 Å². The van der Waals surface area contributed by atoms with Crippen molar-refractivity contribution in [2.45, 2.75) is 38.1 Å². The predicted octanol–water partition coefficient (Wildman–Crippen LogP) is 1.87. The Balaban J connectivity index is 3.22. The number of sulfonamides is 1. The van der Waals surface area contributed by atoms with E-state index in [4.69, 9.17) is 5.11 Å². The lowest BCUT2D eigenvalue weighted by atomic mass is 10.2. The van der Waals surface area contributed by atoms with Gasteiger partial charge in [0.25, 0.3) is 0 Å². The van der Waals surface area contributed by atoms with Crippen molar-refractivity contribution >= 4 is 16.0 Å². The quantitative estimate of drug-likeness (QED) is 0.865. The summed E-state index contributed by atoms with van der Waals surface area (Å²) in [5.74, 6) is -1.12. The number of nitrogens with zero attached hydrogens (tertiary/aromatic N) is 1. The first-order valence-corrected chi connectivity index (χ1v) is 7.59. The second kappa shape index (κ2) is 6.16. The lowest BCUT2D eigenvalue weighted by Gasteiger charge is -2.26. The van der Waals surface area contributed by atoms with Crippen LogP contribution in [0.25, 0.3) is 0 Å². The summed E-state index contributed by atoms with van der Waals surface area (Å²) >= 11 is 0. The summed E-state index contributed by atoms with van der Waals surface area (Å²) in [6.45, 7) is 5.28. The Labute approximate surface area is 113 Å². The molecule has 0 saturated carbocycles. The van der Waals surface area contributed by atoms with Gasteiger partial charge in [0.2, 0.25) is 10.0 Å². The average molecular weight is 285 g/mol. The first-order chi connectivity index (χ1) is 8.84. The molecule has 0 aliphatic carbocycles. The first kappa shape index (κ1) is 15.7. The standard InChI is InChI=1S/C13H19NO4S/c1-4-12(13(15)16)14(5-2)19(17,18)11-8-6-10(3)7-9-11/h6-9,12H,4-5H2,1-3H3,(H,15,16). The molecule has 0 radical (unpaired) electrons. The van der Waals surface area contributed by atoms with Crippen LogP contribution in [0.3, 0.4) is 0 Å². The summed E-state index contributed by atoms with van der Waals surface area (Å²) in [5.41, 5.74) is 0.951. The van der Waals surface area contributed by atoms with Crippen molar-refractivity contribution in [3.05, 3.63) is 29.8 Å². The van der Waals surface area contributed by atoms with Crippen LogP contribution in [0.2, 0.25) is 0 Å². The van der Waals surface area contributed by atoms with Crippen LogP contribution in [0.4, 0.5) is 0 Å². The highest BCUT2D eigenvalue weighted by atomic mass is 32.2. The zero-order valence-corrected chi connectivity index (χ0v) is 12.1. The molecule has 19 heavy (non-hydrogen) atoms. The van der Waals surface area contributed by atoms with Crippen LogP contribution in [0.5, 0.6) is 0 Å². The van der Waals surface area contributed by atoms with E-state index in [0.717, 1.165) is 9.87 Å². The molecule has 1 atom stereocenters. The number of carboxylic acids is 1. The first-order valence-electron chi connectivity index (χ1n) is 6.15. The molecule has 0 fully saturated rings. The molecule has 0 spiro atoms. The zero-order chi connectivity index (χ0) is 14.6. The van der Waals surface area contributed by atoms with Gasteiger partial charge < -0.3 is 5.11 Å². The minimum Gasteiger partial charge on any atom is -0.480 e. The summed E-state index contributed by atoms with van der Waals surface area (Å²) < 4.78 is 25.9. The number of benzene rings is 1. The summed E-state index contributed by atoms with van der Waals surface area (Å²) in [7, 11) is -3.77. The monoisotopic (exact) mass is 285 g/mol. The SMILES string of the molecule is CCC(C(=O)O)N(CC)S(=O)(=O)c1ccc(C)cc1. The van der Waals surface area contributed by atoms with Crippen molar-refractivity contribution < 1.29 is 18.3 Å². The fraction of sp³-hybridized carbons (Fsp3) is 0.462. The molecule has 0 heterocycles. The molecular formula is C13H19NO4S. The number of hydrogen-bond acceptors (Lipinski definition) is 3. The van der Waals surface area contributed by atoms with Crippen molar-refractivity contribution in [1.82, 2.24) is 4.31 Å². The normalized spacial score (nSPS) is 13.5. The highest BCUT2D eigenvalue weighted by molar-refractivity contribution is 7.89. The molecule has 0 aromatic heterocycles. The van der Waals surface area contributed by atoms with Crippen LogP contribution >= 0.6 is 0 Å². The molecule has 0 aliphatic rings. The van der Waals surface area contributed by atoms with E-state index < -0.39 is 22.0 Å². The van der Waals surface area contributed by atoms with Crippen LogP contribution in [0.1, 0.15) is 25.8 Å². The maximum atomic E-state index is 12.4. The molecule has 1 rings (SSSR count). The van der Waals surface area contributed by atoms with E-state index in [1.807, 2.05) is 6.92 Å². The molecule has 0 amide bonds. The van der Waals surface area contributed by atoms with E-state index in [2.05, 4.69) is 0 Å². The van der Waals surface area contributed by atoms with Crippen molar-refractivity contribution in [3.8, 4) is 0 Å². The summed E-state index contributed by atoms with van der Waals surface area (Å²) in [6, 6.07) is 5.37. The molecule has 106 valence electrons. The molecule has 1 unspecified atom stereocenters. The van der Waals surface area contributed by atoms with Gasteiger partial charge in [-0.1, -0.05) is 31.5 Å². The molecule has 1 aromatic carbocycles. The van der Waals surface area contributed by atoms with Gasteiger partial charge in [-0.25, -0.2) is 8.42 Å². The average Bonchev–Trinajstić information content (AvgIpc) is 2.35. The number of aliphatic carboxylic acids is 1. The number of rotatable bonds is 6. The van der Waals surface area contributed by atoms with Gasteiger partial charge in [0.15, 0.2) is 0 Å². The van der Waals surface area contributed by atoms with Crippen molar-refractivity contribution in [2.75, 3.05) is 6.54 Å². The highest BCUT2D eigenvalue weighted by Gasteiger charge is 2.33. The predicted molar refractivity (Wildman–Crippen MR) is 72.5 cm³/mol. The molecule has 0 bridgehead atoms. The lowest BCUT2D eigenvalue weighted by molar-refractivity contribution is -0.141. The Kier molecular flexibility index (Phi) is 5.08. The molecule has 5 nitrogen and oxygen atoms in total. The molecule has 0 aliphatic heterocycles. The van der Waals surface area contributed by atoms with Crippen LogP contribution in [0.15, 0.2) is 29.2 Å². The fourth-order valence-electron chi connectivity index (χ4n) is 1.90. The number of carbonyl (C=O) groups is 1. The third-order valence-corrected chi connectivity index (χ3v) is 4.96. The second-order valence-corrected chi connectivity index (χ2v) is 6.17. The smallest absolute Gasteiger partial charge is 0.322 e. The summed E-state index contributed by atoms with van der Waals surface area (Å²) in [4.78, 5) is 11.3. The van der Waals surface area contributed by atoms with Crippen LogP contribution < -0.4 is 0 Å². The van der Waals surface area contributed by atoms with Gasteiger partial charge in [0, 0.05) is 6.54 Å². The van der Waals surface area contributed by atoms with E-state index in [1.54, 1.807) is 26.0 Å². The third-order valence-electron chi connectivity index (χ3n) is 2.96. The Morgan fingerprint density at radius 3 is 2.16 bits per heavy atom. The minimum atomic E-state index is -3.77. The maximum Gasteiger partial charge on any atom is 0.322 e. The van der Waals surface area contributed by atoms with E-state index in [0.29, 0.717) is 0 Å². The van der Waals surface area contributed by atoms with Crippen molar-refractivity contribution in [1.29, 1.82) is 0 Å². The summed E-state index contributed by atoms with van der Waals surface area (Å²) in [6.07, 6.45) is 0.230. The number of hydrogen-bond donors (Lipinski definition) is 1. The van der Waals surface area contributed by atoms with Crippen molar-refractivity contribution in [2.24, 2.45) is 0 Å².